The van der Waals surface area contributed by atoms with Gasteiger partial charge in [0.1, 0.15) is 5.78 Å². The molecule has 2 aliphatic rings. The number of H-pyrrole nitrogens is 1. The Morgan fingerprint density at radius 3 is 2.38 bits per heavy atom. The molecule has 0 aromatic carbocycles. The van der Waals surface area contributed by atoms with E-state index in [1.54, 1.807) is 0 Å². The van der Waals surface area contributed by atoms with Crippen molar-refractivity contribution in [2.45, 2.75) is 40.0 Å². The largest absolute Gasteiger partial charge is 0.299 e. The first-order valence-electron chi connectivity index (χ1n) is 5.68. The average molecular weight is 222 g/mol. The lowest BCUT2D eigenvalue weighted by Gasteiger charge is -2.32. The van der Waals surface area contributed by atoms with Crippen molar-refractivity contribution >= 4 is 5.78 Å². The number of rotatable bonds is 0. The molecule has 5 heteroatoms. The van der Waals surface area contributed by atoms with Gasteiger partial charge in [0.2, 0.25) is 0 Å². The molecular formula is C11H18N4O. The van der Waals surface area contributed by atoms with Gasteiger partial charge in [0.25, 0.3) is 0 Å². The van der Waals surface area contributed by atoms with E-state index in [9.17, 15) is 4.79 Å². The van der Waals surface area contributed by atoms with Gasteiger partial charge in [-0.15, -0.1) is 10.2 Å². The predicted molar refractivity (Wildman–Crippen MR) is 58.4 cm³/mol. The van der Waals surface area contributed by atoms with Gasteiger partial charge in [-0.25, -0.2) is 0 Å². The van der Waals surface area contributed by atoms with Crippen molar-refractivity contribution in [1.82, 2.24) is 20.6 Å². The Kier molecular flexibility index (Phi) is 2.56. The van der Waals surface area contributed by atoms with Gasteiger partial charge in [0.15, 0.2) is 6.33 Å². The Labute approximate surface area is 95.0 Å². The lowest BCUT2D eigenvalue weighted by atomic mass is 9.70. The van der Waals surface area contributed by atoms with Gasteiger partial charge in [0.05, 0.1) is 0 Å². The fourth-order valence-corrected chi connectivity index (χ4v) is 3.03. The van der Waals surface area contributed by atoms with E-state index in [4.69, 9.17) is 0 Å². The summed E-state index contributed by atoms with van der Waals surface area (Å²) in [4.78, 5) is 11.6. The zero-order chi connectivity index (χ0) is 11.8. The van der Waals surface area contributed by atoms with Crippen LogP contribution in [0, 0.1) is 16.7 Å². The molecule has 2 aliphatic carbocycles. The first-order chi connectivity index (χ1) is 7.48. The van der Waals surface area contributed by atoms with Crippen molar-refractivity contribution in [2.24, 2.45) is 16.7 Å². The van der Waals surface area contributed by atoms with Gasteiger partial charge in [-0.1, -0.05) is 26.0 Å². The molecule has 2 unspecified atom stereocenters. The third-order valence-electron chi connectivity index (χ3n) is 4.75. The number of hydrogen-bond donors (Lipinski definition) is 1. The summed E-state index contributed by atoms with van der Waals surface area (Å²) >= 11 is 0. The Hall–Kier alpha value is -1.26. The highest BCUT2D eigenvalue weighted by Crippen LogP contribution is 2.63. The van der Waals surface area contributed by atoms with Gasteiger partial charge in [-0.3, -0.25) is 4.79 Å². The van der Waals surface area contributed by atoms with Crippen LogP contribution in [0.3, 0.4) is 0 Å². The highest BCUT2D eigenvalue weighted by atomic mass is 16.1. The minimum Gasteiger partial charge on any atom is -0.299 e. The van der Waals surface area contributed by atoms with E-state index < -0.39 is 0 Å². The summed E-state index contributed by atoms with van der Waals surface area (Å²) in [5, 5.41) is 12.2. The molecule has 16 heavy (non-hydrogen) atoms. The van der Waals surface area contributed by atoms with Crippen molar-refractivity contribution in [2.75, 3.05) is 0 Å². The molecule has 2 fully saturated rings. The highest BCUT2D eigenvalue weighted by molar-refractivity contribution is 5.89. The molecule has 0 amide bonds. The van der Waals surface area contributed by atoms with Crippen LogP contribution >= 0.6 is 0 Å². The molecule has 88 valence electrons. The monoisotopic (exact) mass is 222 g/mol. The van der Waals surface area contributed by atoms with Crippen LogP contribution in [0.5, 0.6) is 0 Å². The summed E-state index contributed by atoms with van der Waals surface area (Å²) in [6, 6.07) is 0. The Balaban J connectivity index is 0.000000162. The fourth-order valence-electron chi connectivity index (χ4n) is 3.03. The number of fused-ring (bicyclic) bond motifs is 2. The van der Waals surface area contributed by atoms with Crippen LogP contribution in [0.4, 0.5) is 0 Å². The molecule has 1 aromatic rings. The number of Topliss-reactive ketones (excluding diaryl/α,β-unsaturated/α-hetero) is 1. The number of tetrazole rings is 1. The normalized spacial score (nSPS) is 34.7. The topological polar surface area (TPSA) is 71.5 Å². The second-order valence-corrected chi connectivity index (χ2v) is 5.48. The second-order valence-electron chi connectivity index (χ2n) is 5.48. The Morgan fingerprint density at radius 1 is 1.44 bits per heavy atom. The summed E-state index contributed by atoms with van der Waals surface area (Å²) in [6.45, 7) is 6.67. The van der Waals surface area contributed by atoms with Crippen LogP contribution in [0.1, 0.15) is 40.0 Å². The second kappa shape index (κ2) is 3.64. The smallest absolute Gasteiger partial charge is 0.161 e. The number of aromatic nitrogens is 4. The Morgan fingerprint density at radius 2 is 2.19 bits per heavy atom. The van der Waals surface area contributed by atoms with E-state index in [2.05, 4.69) is 41.4 Å². The molecule has 0 saturated heterocycles. The molecule has 1 aromatic heterocycles. The number of ketones is 1. The van der Waals surface area contributed by atoms with E-state index in [1.165, 1.54) is 12.7 Å². The highest BCUT2D eigenvalue weighted by Gasteiger charge is 2.61. The fraction of sp³-hybridized carbons (Fsp3) is 0.818. The lowest BCUT2D eigenvalue weighted by molar-refractivity contribution is -0.128. The van der Waals surface area contributed by atoms with Gasteiger partial charge < -0.3 is 0 Å². The quantitative estimate of drug-likeness (QED) is 0.723. The maximum absolute atomic E-state index is 11.6. The zero-order valence-electron chi connectivity index (χ0n) is 10.0. The molecule has 0 aliphatic heterocycles. The zero-order valence-corrected chi connectivity index (χ0v) is 10.0. The van der Waals surface area contributed by atoms with Crippen LogP contribution in [-0.2, 0) is 4.79 Å². The van der Waals surface area contributed by atoms with Crippen LogP contribution in [-0.4, -0.2) is 26.4 Å². The summed E-state index contributed by atoms with van der Waals surface area (Å²) in [6.07, 6.45) is 4.59. The van der Waals surface area contributed by atoms with E-state index in [-0.39, 0.29) is 10.8 Å². The molecule has 2 bridgehead atoms. The van der Waals surface area contributed by atoms with Crippen molar-refractivity contribution in [3.8, 4) is 0 Å². The van der Waals surface area contributed by atoms with E-state index in [0.29, 0.717) is 11.7 Å². The average Bonchev–Trinajstić information content (AvgIpc) is 2.88. The summed E-state index contributed by atoms with van der Waals surface area (Å²) < 4.78 is 0. The number of carbonyl (C=O) groups excluding carboxylic acids is 1. The number of nitrogens with zero attached hydrogens (tertiary/aromatic N) is 3. The van der Waals surface area contributed by atoms with Gasteiger partial charge in [0, 0.05) is 11.8 Å². The standard InChI is InChI=1S/C10H16O.CH2N4/c1-9(2)7-4-5-10(9,3)8(11)6-7;1-2-4-5-3-1/h7H,4-6H2,1-3H3;1H,(H,2,3,4,5). The Bertz CT molecular complexity index is 356. The molecule has 2 saturated carbocycles. The van der Waals surface area contributed by atoms with Crippen LogP contribution < -0.4 is 0 Å². The molecule has 2 atom stereocenters. The lowest BCUT2D eigenvalue weighted by Crippen LogP contribution is -2.32. The molecular weight excluding hydrogens is 204 g/mol. The first kappa shape index (κ1) is 11.2. The number of hydrogen-bond acceptors (Lipinski definition) is 4. The van der Waals surface area contributed by atoms with Crippen LogP contribution in [0.2, 0.25) is 0 Å². The van der Waals surface area contributed by atoms with Crippen molar-refractivity contribution in [3.05, 3.63) is 6.33 Å². The molecule has 3 rings (SSSR count). The molecule has 1 N–H and O–H groups in total. The molecule has 0 radical (unpaired) electrons. The van der Waals surface area contributed by atoms with E-state index in [0.717, 1.165) is 12.8 Å². The van der Waals surface area contributed by atoms with Crippen molar-refractivity contribution < 1.29 is 4.79 Å². The maximum atomic E-state index is 11.6. The SMILES string of the molecule is CC12CCC(CC1=O)C2(C)C.c1nn[nH]n1. The third-order valence-corrected chi connectivity index (χ3v) is 4.75. The molecule has 0 spiro atoms. The van der Waals surface area contributed by atoms with Gasteiger partial charge in [-0.2, -0.15) is 5.21 Å². The van der Waals surface area contributed by atoms with Gasteiger partial charge in [-0.05, 0) is 24.2 Å². The number of nitrogens with one attached hydrogen (secondary N) is 1. The van der Waals surface area contributed by atoms with Crippen molar-refractivity contribution in [3.63, 3.8) is 0 Å². The third kappa shape index (κ3) is 1.45. The minimum absolute atomic E-state index is 0.0255. The number of aromatic amines is 1. The van der Waals surface area contributed by atoms with E-state index in [1.807, 2.05) is 0 Å². The van der Waals surface area contributed by atoms with Crippen LogP contribution in [0.15, 0.2) is 6.33 Å². The minimum atomic E-state index is 0.0255. The first-order valence-corrected chi connectivity index (χ1v) is 5.68. The number of carbonyl (C=O) groups is 1. The summed E-state index contributed by atoms with van der Waals surface area (Å²) in [5.74, 6) is 1.19. The van der Waals surface area contributed by atoms with Gasteiger partial charge >= 0.3 is 0 Å². The maximum Gasteiger partial charge on any atom is 0.161 e. The summed E-state index contributed by atoms with van der Waals surface area (Å²) in [5.41, 5.74) is 0.307. The molecule has 5 nitrogen and oxygen atoms in total. The molecule has 1 heterocycles. The van der Waals surface area contributed by atoms with Crippen molar-refractivity contribution in [1.29, 1.82) is 0 Å². The van der Waals surface area contributed by atoms with E-state index >= 15 is 0 Å². The van der Waals surface area contributed by atoms with Crippen LogP contribution in [0.25, 0.3) is 0 Å². The predicted octanol–water partition coefficient (Wildman–Crippen LogP) is 1.60. The summed E-state index contributed by atoms with van der Waals surface area (Å²) in [7, 11) is 0.